The minimum Gasteiger partial charge on any atom is -0.337 e. The van der Waals surface area contributed by atoms with Crippen LogP contribution in [0.5, 0.6) is 0 Å². The average Bonchev–Trinajstić information content (AvgIpc) is 2.67. The molecule has 0 saturated carbocycles. The summed E-state index contributed by atoms with van der Waals surface area (Å²) < 4.78 is 39.3. The first-order chi connectivity index (χ1) is 12.9. The van der Waals surface area contributed by atoms with E-state index in [1.807, 2.05) is 30.3 Å². The molecule has 144 valence electrons. The molecule has 1 fully saturated rings. The van der Waals surface area contributed by atoms with Crippen molar-refractivity contribution in [2.75, 3.05) is 24.6 Å². The fourth-order valence-corrected chi connectivity index (χ4v) is 4.96. The van der Waals surface area contributed by atoms with E-state index in [0.29, 0.717) is 35.7 Å². The molecular formula is C19H22N2O4S2. The molecule has 1 amide bonds. The quantitative estimate of drug-likeness (QED) is 0.819. The van der Waals surface area contributed by atoms with Gasteiger partial charge in [0.25, 0.3) is 5.91 Å². The summed E-state index contributed by atoms with van der Waals surface area (Å²) in [6.07, 6.45) is 0. The van der Waals surface area contributed by atoms with E-state index < -0.39 is 20.8 Å². The number of carbonyl (C=O) groups is 1. The molecule has 0 aromatic heterocycles. The summed E-state index contributed by atoms with van der Waals surface area (Å²) in [6, 6.07) is 13.8. The molecule has 0 spiro atoms. The van der Waals surface area contributed by atoms with Crippen LogP contribution in [-0.2, 0) is 27.4 Å². The van der Waals surface area contributed by atoms with E-state index in [9.17, 15) is 17.4 Å². The van der Waals surface area contributed by atoms with Gasteiger partial charge >= 0.3 is 0 Å². The number of carbonyl (C=O) groups excluding carboxylic acids is 1. The van der Waals surface area contributed by atoms with Gasteiger partial charge in [-0.25, -0.2) is 13.1 Å². The maximum atomic E-state index is 12.8. The Morgan fingerprint density at radius 2 is 1.78 bits per heavy atom. The number of hydrogen-bond donors (Lipinski definition) is 1. The average molecular weight is 407 g/mol. The Kier molecular flexibility index (Phi) is 6.08. The molecular weight excluding hydrogens is 384 g/mol. The fraction of sp³-hybridized carbons (Fsp3) is 0.316. The number of amides is 1. The lowest BCUT2D eigenvalue weighted by Gasteiger charge is -2.27. The van der Waals surface area contributed by atoms with Gasteiger partial charge in [0, 0.05) is 47.5 Å². The van der Waals surface area contributed by atoms with Crippen molar-refractivity contribution in [1.29, 1.82) is 0 Å². The number of nitrogens with one attached hydrogen (secondary N) is 1. The van der Waals surface area contributed by atoms with Gasteiger partial charge in [-0.2, -0.15) is 0 Å². The van der Waals surface area contributed by atoms with Crippen LogP contribution in [-0.4, -0.2) is 48.0 Å². The highest BCUT2D eigenvalue weighted by molar-refractivity contribution is 7.89. The Morgan fingerprint density at radius 3 is 2.44 bits per heavy atom. The number of nitrogens with zero attached hydrogens (tertiary/aromatic N) is 1. The minimum absolute atomic E-state index is 0.0629. The van der Waals surface area contributed by atoms with Crippen molar-refractivity contribution in [3.63, 3.8) is 0 Å². The van der Waals surface area contributed by atoms with E-state index in [4.69, 9.17) is 0 Å². The molecule has 0 radical (unpaired) electrons. The van der Waals surface area contributed by atoms with Crippen LogP contribution in [0.25, 0.3) is 0 Å². The summed E-state index contributed by atoms with van der Waals surface area (Å²) in [5, 5.41) is 0. The normalized spacial score (nSPS) is 15.7. The summed E-state index contributed by atoms with van der Waals surface area (Å²) in [7, 11) is -4.62. The molecule has 0 unspecified atom stereocenters. The first-order valence-corrected chi connectivity index (χ1v) is 11.6. The Morgan fingerprint density at radius 1 is 1.11 bits per heavy atom. The lowest BCUT2D eigenvalue weighted by molar-refractivity contribution is 0.0770. The van der Waals surface area contributed by atoms with Crippen LogP contribution in [0.1, 0.15) is 21.5 Å². The number of hydrogen-bond acceptors (Lipinski definition) is 4. The molecule has 1 heterocycles. The van der Waals surface area contributed by atoms with Crippen LogP contribution in [0.15, 0.2) is 53.4 Å². The van der Waals surface area contributed by atoms with E-state index >= 15 is 0 Å². The lowest BCUT2D eigenvalue weighted by Crippen LogP contribution is -2.42. The molecule has 1 saturated heterocycles. The van der Waals surface area contributed by atoms with E-state index in [-0.39, 0.29) is 17.3 Å². The predicted molar refractivity (Wildman–Crippen MR) is 105 cm³/mol. The summed E-state index contributed by atoms with van der Waals surface area (Å²) in [4.78, 5) is 14.5. The van der Waals surface area contributed by atoms with Crippen molar-refractivity contribution < 1.29 is 17.4 Å². The second-order valence-corrected chi connectivity index (χ2v) is 9.89. The Balaban J connectivity index is 1.79. The van der Waals surface area contributed by atoms with Crippen molar-refractivity contribution in [1.82, 2.24) is 9.62 Å². The zero-order chi connectivity index (χ0) is 19.4. The zero-order valence-electron chi connectivity index (χ0n) is 15.1. The van der Waals surface area contributed by atoms with E-state index in [1.54, 1.807) is 17.9 Å². The zero-order valence-corrected chi connectivity index (χ0v) is 16.7. The molecule has 1 N–H and O–H groups in total. The summed E-state index contributed by atoms with van der Waals surface area (Å²) in [6.45, 7) is 2.81. The Labute approximate surface area is 162 Å². The highest BCUT2D eigenvalue weighted by Gasteiger charge is 2.24. The van der Waals surface area contributed by atoms with Crippen LogP contribution >= 0.6 is 0 Å². The topological polar surface area (TPSA) is 83.6 Å². The van der Waals surface area contributed by atoms with Gasteiger partial charge in [0.05, 0.1) is 4.90 Å². The van der Waals surface area contributed by atoms with E-state index in [1.165, 1.54) is 12.1 Å². The number of benzene rings is 2. The van der Waals surface area contributed by atoms with Gasteiger partial charge in [-0.05, 0) is 30.2 Å². The molecule has 0 bridgehead atoms. The van der Waals surface area contributed by atoms with Gasteiger partial charge in [-0.1, -0.05) is 36.4 Å². The van der Waals surface area contributed by atoms with E-state index in [2.05, 4.69) is 4.72 Å². The SMILES string of the molecule is Cc1ccc(S(=O)(=O)NCc2ccccc2)cc1C(=O)N1CCS(=O)CC1. The molecule has 1 aliphatic rings. The second kappa shape index (κ2) is 8.33. The monoisotopic (exact) mass is 406 g/mol. The van der Waals surface area contributed by atoms with Gasteiger partial charge in [-0.15, -0.1) is 0 Å². The Hall–Kier alpha value is -2.03. The lowest BCUT2D eigenvalue weighted by atomic mass is 10.1. The third-order valence-corrected chi connectivity index (χ3v) is 7.20. The summed E-state index contributed by atoms with van der Waals surface area (Å²) >= 11 is 0. The van der Waals surface area contributed by atoms with Crippen molar-refractivity contribution in [2.45, 2.75) is 18.4 Å². The highest BCUT2D eigenvalue weighted by atomic mass is 32.2. The second-order valence-electron chi connectivity index (χ2n) is 6.43. The molecule has 6 nitrogen and oxygen atoms in total. The van der Waals surface area contributed by atoms with Gasteiger partial charge < -0.3 is 4.90 Å². The van der Waals surface area contributed by atoms with Crippen LogP contribution < -0.4 is 4.72 Å². The summed E-state index contributed by atoms with van der Waals surface area (Å²) in [5.41, 5.74) is 1.93. The standard InChI is InChI=1S/C19H22N2O4S2/c1-15-7-8-17(27(24,25)20-14-16-5-3-2-4-6-16)13-18(15)19(22)21-9-11-26(23)12-10-21/h2-8,13,20H,9-12,14H2,1H3. The first-order valence-electron chi connectivity index (χ1n) is 8.65. The van der Waals surface area contributed by atoms with Crippen molar-refractivity contribution >= 4 is 26.7 Å². The third-order valence-electron chi connectivity index (χ3n) is 4.52. The van der Waals surface area contributed by atoms with Crippen molar-refractivity contribution in [3.05, 3.63) is 65.2 Å². The third kappa shape index (κ3) is 4.82. The van der Waals surface area contributed by atoms with Crippen LogP contribution in [0, 0.1) is 6.92 Å². The molecule has 0 aliphatic carbocycles. The Bertz CT molecular complexity index is 949. The maximum Gasteiger partial charge on any atom is 0.254 e. The molecule has 27 heavy (non-hydrogen) atoms. The highest BCUT2D eigenvalue weighted by Crippen LogP contribution is 2.19. The fourth-order valence-electron chi connectivity index (χ4n) is 2.87. The van der Waals surface area contributed by atoms with Gasteiger partial charge in [0.1, 0.15) is 0 Å². The molecule has 2 aromatic carbocycles. The van der Waals surface area contributed by atoms with Crippen LogP contribution in [0.3, 0.4) is 0 Å². The van der Waals surface area contributed by atoms with Gasteiger partial charge in [0.15, 0.2) is 0 Å². The smallest absolute Gasteiger partial charge is 0.254 e. The maximum absolute atomic E-state index is 12.8. The molecule has 0 atom stereocenters. The number of aryl methyl sites for hydroxylation is 1. The largest absolute Gasteiger partial charge is 0.337 e. The van der Waals surface area contributed by atoms with Gasteiger partial charge in [0.2, 0.25) is 10.0 Å². The van der Waals surface area contributed by atoms with Gasteiger partial charge in [-0.3, -0.25) is 9.00 Å². The molecule has 8 heteroatoms. The summed E-state index contributed by atoms with van der Waals surface area (Å²) in [5.74, 6) is 0.701. The van der Waals surface area contributed by atoms with Crippen molar-refractivity contribution in [2.24, 2.45) is 0 Å². The van der Waals surface area contributed by atoms with Crippen molar-refractivity contribution in [3.8, 4) is 0 Å². The number of sulfonamides is 1. The minimum atomic E-state index is -3.74. The molecule has 1 aliphatic heterocycles. The predicted octanol–water partition coefficient (Wildman–Crippen LogP) is 1.68. The molecule has 3 rings (SSSR count). The molecule has 2 aromatic rings. The van der Waals surface area contributed by atoms with Crippen LogP contribution in [0.4, 0.5) is 0 Å². The first kappa shape index (κ1) is 19.7. The number of rotatable bonds is 5. The van der Waals surface area contributed by atoms with Crippen LogP contribution in [0.2, 0.25) is 0 Å². The van der Waals surface area contributed by atoms with E-state index in [0.717, 1.165) is 5.56 Å².